The van der Waals surface area contributed by atoms with E-state index < -0.39 is 12.1 Å². The van der Waals surface area contributed by atoms with E-state index >= 15 is 0 Å². The number of ether oxygens (including phenoxy) is 3. The second kappa shape index (κ2) is 7.21. The highest BCUT2D eigenvalue weighted by Crippen LogP contribution is 2.36. The molecular formula is C19H15BrO6. The highest BCUT2D eigenvalue weighted by molar-refractivity contribution is 9.10. The molecule has 2 aromatic rings. The van der Waals surface area contributed by atoms with Gasteiger partial charge in [-0.15, -0.1) is 0 Å². The van der Waals surface area contributed by atoms with E-state index in [1.54, 1.807) is 31.4 Å². The van der Waals surface area contributed by atoms with E-state index in [0.717, 1.165) is 4.47 Å². The van der Waals surface area contributed by atoms with Crippen LogP contribution < -0.4 is 14.2 Å². The summed E-state index contributed by atoms with van der Waals surface area (Å²) in [5.41, 5.74) is 1.08. The van der Waals surface area contributed by atoms with Crippen LogP contribution in [-0.2, 0) is 4.79 Å². The lowest BCUT2D eigenvalue weighted by molar-refractivity contribution is -0.144. The summed E-state index contributed by atoms with van der Waals surface area (Å²) in [4.78, 5) is 23.4. The van der Waals surface area contributed by atoms with Crippen molar-refractivity contribution in [2.75, 3.05) is 7.11 Å². The minimum atomic E-state index is -1.08. The van der Waals surface area contributed by atoms with Crippen LogP contribution in [0.3, 0.4) is 0 Å². The van der Waals surface area contributed by atoms with Crippen LogP contribution in [0.1, 0.15) is 22.8 Å². The first-order valence-electron chi connectivity index (χ1n) is 7.70. The Balaban J connectivity index is 1.90. The van der Waals surface area contributed by atoms with Crippen molar-refractivity contribution in [2.24, 2.45) is 0 Å². The van der Waals surface area contributed by atoms with Gasteiger partial charge >= 0.3 is 5.97 Å². The summed E-state index contributed by atoms with van der Waals surface area (Å²) in [6.07, 6.45) is 0.595. The normalized spacial score (nSPS) is 15.3. The van der Waals surface area contributed by atoms with Crippen molar-refractivity contribution in [3.63, 3.8) is 0 Å². The average molecular weight is 419 g/mol. The molecule has 2 aromatic carbocycles. The molecule has 0 bridgehead atoms. The van der Waals surface area contributed by atoms with Crippen molar-refractivity contribution in [2.45, 2.75) is 13.0 Å². The zero-order chi connectivity index (χ0) is 18.8. The second-order valence-corrected chi connectivity index (χ2v) is 6.50. The third-order valence-corrected chi connectivity index (χ3v) is 4.27. The molecule has 0 spiro atoms. The summed E-state index contributed by atoms with van der Waals surface area (Å²) >= 11 is 3.39. The fourth-order valence-electron chi connectivity index (χ4n) is 2.45. The Morgan fingerprint density at radius 2 is 2.04 bits per heavy atom. The van der Waals surface area contributed by atoms with Crippen molar-refractivity contribution in [1.82, 2.24) is 0 Å². The van der Waals surface area contributed by atoms with Crippen LogP contribution in [0, 0.1) is 0 Å². The molecule has 1 N–H and O–H groups in total. The largest absolute Gasteiger partial charge is 0.496 e. The van der Waals surface area contributed by atoms with E-state index in [1.165, 1.54) is 13.0 Å². The van der Waals surface area contributed by atoms with Gasteiger partial charge in [0.25, 0.3) is 0 Å². The van der Waals surface area contributed by atoms with Gasteiger partial charge in [0.15, 0.2) is 11.9 Å². The van der Waals surface area contributed by atoms with Gasteiger partial charge in [0.2, 0.25) is 5.78 Å². The van der Waals surface area contributed by atoms with E-state index in [-0.39, 0.29) is 11.5 Å². The molecule has 7 heteroatoms. The fourth-order valence-corrected chi connectivity index (χ4v) is 2.83. The smallest absolute Gasteiger partial charge is 0.344 e. The number of carboxylic acid groups (broad SMARTS) is 1. The van der Waals surface area contributed by atoms with E-state index in [2.05, 4.69) is 15.9 Å². The standard InChI is InChI=1S/C19H15BrO6/c1-10(19(22)23)25-13-4-5-14-16(9-13)26-17(18(14)21)8-11-7-12(20)3-6-15(11)24-2/h3-10H,1-2H3,(H,22,23)/b17-8-/t10-/m0/s1. The molecule has 0 radical (unpaired) electrons. The molecule has 134 valence electrons. The number of rotatable bonds is 5. The molecule has 0 aromatic heterocycles. The predicted octanol–water partition coefficient (Wildman–Crippen LogP) is 3.93. The number of allylic oxidation sites excluding steroid dienone is 1. The Morgan fingerprint density at radius 1 is 1.27 bits per heavy atom. The highest BCUT2D eigenvalue weighted by atomic mass is 79.9. The highest BCUT2D eigenvalue weighted by Gasteiger charge is 2.28. The van der Waals surface area contributed by atoms with Gasteiger partial charge in [-0.2, -0.15) is 0 Å². The lowest BCUT2D eigenvalue weighted by Crippen LogP contribution is -2.22. The van der Waals surface area contributed by atoms with Gasteiger partial charge in [-0.3, -0.25) is 4.79 Å². The molecule has 0 saturated carbocycles. The van der Waals surface area contributed by atoms with Crippen LogP contribution >= 0.6 is 15.9 Å². The Bertz CT molecular complexity index is 918. The number of aliphatic carboxylic acids is 1. The van der Waals surface area contributed by atoms with Gasteiger partial charge in [0, 0.05) is 16.1 Å². The summed E-state index contributed by atoms with van der Waals surface area (Å²) in [5.74, 6) is 0.0509. The second-order valence-electron chi connectivity index (χ2n) is 5.58. The average Bonchev–Trinajstić information content (AvgIpc) is 2.90. The Morgan fingerprint density at radius 3 is 2.73 bits per heavy atom. The molecule has 0 aliphatic carbocycles. The maximum atomic E-state index is 12.5. The third kappa shape index (κ3) is 3.57. The number of halogens is 1. The zero-order valence-electron chi connectivity index (χ0n) is 14.0. The number of carboxylic acids is 1. The quantitative estimate of drug-likeness (QED) is 0.740. The fraction of sp³-hybridized carbons (Fsp3) is 0.158. The molecule has 0 fully saturated rings. The summed E-state index contributed by atoms with van der Waals surface area (Å²) < 4.78 is 17.1. The monoisotopic (exact) mass is 418 g/mol. The van der Waals surface area contributed by atoms with Crippen molar-refractivity contribution >= 4 is 33.8 Å². The van der Waals surface area contributed by atoms with E-state index in [1.807, 2.05) is 12.1 Å². The SMILES string of the molecule is COc1ccc(Br)cc1/C=C1\Oc2cc(O[C@@H](C)C(=O)O)ccc2C1=O. The number of methoxy groups -OCH3 is 1. The first-order chi connectivity index (χ1) is 12.4. The van der Waals surface area contributed by atoms with Crippen molar-refractivity contribution in [1.29, 1.82) is 0 Å². The first kappa shape index (κ1) is 18.0. The summed E-state index contributed by atoms with van der Waals surface area (Å²) in [6, 6.07) is 10.0. The van der Waals surface area contributed by atoms with Gasteiger partial charge in [0.05, 0.1) is 12.7 Å². The first-order valence-corrected chi connectivity index (χ1v) is 8.49. The van der Waals surface area contributed by atoms with Crippen LogP contribution in [0.2, 0.25) is 0 Å². The number of ketones is 1. The lowest BCUT2D eigenvalue weighted by atomic mass is 10.1. The Kier molecular flexibility index (Phi) is 4.99. The molecule has 1 aliphatic rings. The summed E-state index contributed by atoms with van der Waals surface area (Å²) in [7, 11) is 1.55. The zero-order valence-corrected chi connectivity index (χ0v) is 15.6. The summed E-state index contributed by atoms with van der Waals surface area (Å²) in [5, 5.41) is 8.92. The molecule has 3 rings (SSSR count). The van der Waals surface area contributed by atoms with Gasteiger partial charge in [0.1, 0.15) is 17.2 Å². The molecular weight excluding hydrogens is 404 g/mol. The van der Waals surface area contributed by atoms with Gasteiger partial charge in [-0.05, 0) is 43.3 Å². The predicted molar refractivity (Wildman–Crippen MR) is 97.8 cm³/mol. The van der Waals surface area contributed by atoms with Crippen LogP contribution in [0.4, 0.5) is 0 Å². The Labute approximate surface area is 158 Å². The van der Waals surface area contributed by atoms with E-state index in [9.17, 15) is 9.59 Å². The van der Waals surface area contributed by atoms with E-state index in [0.29, 0.717) is 28.4 Å². The maximum Gasteiger partial charge on any atom is 0.344 e. The van der Waals surface area contributed by atoms with Gasteiger partial charge < -0.3 is 19.3 Å². The number of fused-ring (bicyclic) bond motifs is 1. The lowest BCUT2D eigenvalue weighted by Gasteiger charge is -2.10. The number of carbonyl (C=O) groups excluding carboxylic acids is 1. The van der Waals surface area contributed by atoms with Crippen LogP contribution in [0.25, 0.3) is 6.08 Å². The Hall–Kier alpha value is -2.80. The van der Waals surface area contributed by atoms with Crippen LogP contribution in [-0.4, -0.2) is 30.1 Å². The number of hydrogen-bond donors (Lipinski definition) is 1. The maximum absolute atomic E-state index is 12.5. The minimum absolute atomic E-state index is 0.153. The molecule has 1 aliphatic heterocycles. The van der Waals surface area contributed by atoms with E-state index in [4.69, 9.17) is 19.3 Å². The molecule has 0 saturated heterocycles. The number of hydrogen-bond acceptors (Lipinski definition) is 5. The van der Waals surface area contributed by atoms with Gasteiger partial charge in [-0.25, -0.2) is 4.79 Å². The molecule has 0 amide bonds. The molecule has 6 nitrogen and oxygen atoms in total. The van der Waals surface area contributed by atoms with Crippen molar-refractivity contribution in [3.8, 4) is 17.2 Å². The number of carbonyl (C=O) groups is 2. The van der Waals surface area contributed by atoms with Gasteiger partial charge in [-0.1, -0.05) is 15.9 Å². The van der Waals surface area contributed by atoms with Crippen molar-refractivity contribution in [3.05, 3.63) is 57.8 Å². The third-order valence-electron chi connectivity index (χ3n) is 3.78. The molecule has 0 unspecified atom stereocenters. The molecule has 1 atom stereocenters. The summed E-state index contributed by atoms with van der Waals surface area (Å²) in [6.45, 7) is 1.42. The molecule has 26 heavy (non-hydrogen) atoms. The topological polar surface area (TPSA) is 82.1 Å². The minimum Gasteiger partial charge on any atom is -0.496 e. The van der Waals surface area contributed by atoms with Crippen LogP contribution in [0.15, 0.2) is 46.6 Å². The molecule has 1 heterocycles. The number of Topliss-reactive ketones (excluding diaryl/α,β-unsaturated/α-hetero) is 1. The van der Waals surface area contributed by atoms with Crippen LogP contribution in [0.5, 0.6) is 17.2 Å². The number of benzene rings is 2. The van der Waals surface area contributed by atoms with Crippen molar-refractivity contribution < 1.29 is 28.9 Å².